The fourth-order valence-corrected chi connectivity index (χ4v) is 1.39. The fourth-order valence-electron chi connectivity index (χ4n) is 1.39. The smallest absolute Gasteiger partial charge is 0.253 e. The van der Waals surface area contributed by atoms with Crippen LogP contribution in [0.5, 0.6) is 0 Å². The van der Waals surface area contributed by atoms with E-state index in [9.17, 15) is 4.79 Å². The van der Waals surface area contributed by atoms with E-state index in [1.807, 2.05) is 6.92 Å². The minimum Gasteiger partial charge on any atom is -0.394 e. The lowest BCUT2D eigenvalue weighted by molar-refractivity contribution is 0.0906. The summed E-state index contributed by atoms with van der Waals surface area (Å²) in [5.41, 5.74) is 1.07. The topological polar surface area (TPSA) is 62.2 Å². The lowest BCUT2D eigenvalue weighted by Crippen LogP contribution is -2.39. The highest BCUT2D eigenvalue weighted by molar-refractivity contribution is 5.94. The fraction of sp³-hybridized carbons (Fsp3) is 0.455. The molecule has 1 saturated carbocycles. The number of pyridine rings is 1. The third-order valence-electron chi connectivity index (χ3n) is 2.71. The quantitative estimate of drug-likeness (QED) is 0.763. The molecule has 1 aliphatic rings. The average Bonchev–Trinajstić information content (AvgIpc) is 2.99. The van der Waals surface area contributed by atoms with Gasteiger partial charge >= 0.3 is 0 Å². The molecule has 0 aliphatic heterocycles. The molecule has 0 aromatic carbocycles. The molecule has 1 aliphatic carbocycles. The van der Waals surface area contributed by atoms with E-state index < -0.39 is 0 Å². The Morgan fingerprint density at radius 1 is 1.60 bits per heavy atom. The molecule has 0 atom stereocenters. The molecule has 1 fully saturated rings. The number of aromatic nitrogens is 1. The molecule has 0 bridgehead atoms. The highest BCUT2D eigenvalue weighted by Crippen LogP contribution is 2.34. The molecule has 1 aromatic rings. The van der Waals surface area contributed by atoms with Crippen LogP contribution in [0.1, 0.15) is 28.9 Å². The van der Waals surface area contributed by atoms with Gasteiger partial charge in [0.2, 0.25) is 0 Å². The summed E-state index contributed by atoms with van der Waals surface area (Å²) in [4.78, 5) is 15.8. The zero-order chi connectivity index (χ0) is 10.9. The van der Waals surface area contributed by atoms with E-state index >= 15 is 0 Å². The molecule has 0 unspecified atom stereocenters. The van der Waals surface area contributed by atoms with Gasteiger partial charge < -0.3 is 10.4 Å². The number of aryl methyl sites for hydroxylation is 1. The highest BCUT2D eigenvalue weighted by atomic mass is 16.3. The molecule has 1 aromatic heterocycles. The van der Waals surface area contributed by atoms with Gasteiger partial charge in [-0.2, -0.15) is 0 Å². The number of aliphatic hydroxyl groups excluding tert-OH is 1. The summed E-state index contributed by atoms with van der Waals surface area (Å²) in [6, 6.07) is 3.54. The number of rotatable bonds is 3. The number of nitrogens with one attached hydrogen (secondary N) is 1. The predicted octanol–water partition coefficient (Wildman–Crippen LogP) is 0.645. The number of carbonyl (C=O) groups is 1. The zero-order valence-corrected chi connectivity index (χ0v) is 8.66. The number of nitrogens with zero attached hydrogens (tertiary/aromatic N) is 1. The third kappa shape index (κ3) is 2.15. The molecule has 80 valence electrons. The van der Waals surface area contributed by atoms with E-state index in [0.29, 0.717) is 5.56 Å². The number of amides is 1. The number of carbonyl (C=O) groups excluding carboxylic acids is 1. The van der Waals surface area contributed by atoms with Crippen LogP contribution in [-0.4, -0.2) is 28.1 Å². The van der Waals surface area contributed by atoms with Gasteiger partial charge in [-0.3, -0.25) is 9.78 Å². The summed E-state index contributed by atoms with van der Waals surface area (Å²) in [5, 5.41) is 11.9. The van der Waals surface area contributed by atoms with Gasteiger partial charge in [0.1, 0.15) is 0 Å². The van der Waals surface area contributed by atoms with Crippen molar-refractivity contribution in [3.63, 3.8) is 0 Å². The molecule has 0 spiro atoms. The second-order valence-corrected chi connectivity index (χ2v) is 4.08. The molecule has 0 saturated heterocycles. The van der Waals surface area contributed by atoms with Gasteiger partial charge in [0, 0.05) is 11.9 Å². The number of hydrogen-bond donors (Lipinski definition) is 2. The van der Waals surface area contributed by atoms with Gasteiger partial charge in [-0.05, 0) is 31.9 Å². The Morgan fingerprint density at radius 3 is 2.80 bits per heavy atom. The third-order valence-corrected chi connectivity index (χ3v) is 2.71. The Balaban J connectivity index is 2.05. The molecule has 2 rings (SSSR count). The van der Waals surface area contributed by atoms with Crippen LogP contribution in [0.25, 0.3) is 0 Å². The summed E-state index contributed by atoms with van der Waals surface area (Å²) in [6.45, 7) is 1.88. The monoisotopic (exact) mass is 206 g/mol. The second kappa shape index (κ2) is 3.62. The Kier molecular flexibility index (Phi) is 2.44. The van der Waals surface area contributed by atoms with E-state index in [0.717, 1.165) is 18.5 Å². The van der Waals surface area contributed by atoms with Crippen molar-refractivity contribution in [3.8, 4) is 0 Å². The molecular formula is C11H14N2O2. The van der Waals surface area contributed by atoms with Crippen molar-refractivity contribution in [2.75, 3.05) is 6.61 Å². The SMILES string of the molecule is Cc1ccc(C(=O)NC2(CO)CC2)cn1. The Hall–Kier alpha value is -1.42. The van der Waals surface area contributed by atoms with Crippen molar-refractivity contribution < 1.29 is 9.90 Å². The standard InChI is InChI=1S/C11H14N2O2/c1-8-2-3-9(6-12-8)10(15)13-11(7-14)4-5-11/h2-3,6,14H,4-5,7H2,1H3,(H,13,15). The van der Waals surface area contributed by atoms with Gasteiger partial charge in [0.15, 0.2) is 0 Å². The lowest BCUT2D eigenvalue weighted by atomic mass is 10.2. The van der Waals surface area contributed by atoms with Crippen molar-refractivity contribution in [2.24, 2.45) is 0 Å². The van der Waals surface area contributed by atoms with Crippen molar-refractivity contribution in [1.82, 2.24) is 10.3 Å². The number of hydrogen-bond acceptors (Lipinski definition) is 3. The molecule has 15 heavy (non-hydrogen) atoms. The Labute approximate surface area is 88.3 Å². The minimum atomic E-state index is -0.359. The van der Waals surface area contributed by atoms with Crippen LogP contribution in [-0.2, 0) is 0 Å². The van der Waals surface area contributed by atoms with E-state index in [1.165, 1.54) is 0 Å². The van der Waals surface area contributed by atoms with E-state index in [1.54, 1.807) is 18.3 Å². The first-order valence-corrected chi connectivity index (χ1v) is 5.01. The molecule has 4 nitrogen and oxygen atoms in total. The van der Waals surface area contributed by atoms with Crippen molar-refractivity contribution >= 4 is 5.91 Å². The molecular weight excluding hydrogens is 192 g/mol. The molecule has 1 amide bonds. The Morgan fingerprint density at radius 2 is 2.33 bits per heavy atom. The summed E-state index contributed by atoms with van der Waals surface area (Å²) in [6.07, 6.45) is 3.27. The summed E-state index contributed by atoms with van der Waals surface area (Å²) >= 11 is 0. The lowest BCUT2D eigenvalue weighted by Gasteiger charge is -2.13. The minimum absolute atomic E-state index is 0.0119. The first-order valence-electron chi connectivity index (χ1n) is 5.01. The van der Waals surface area contributed by atoms with Crippen LogP contribution in [0.2, 0.25) is 0 Å². The van der Waals surface area contributed by atoms with Crippen LogP contribution in [0.15, 0.2) is 18.3 Å². The summed E-state index contributed by atoms with van der Waals surface area (Å²) in [7, 11) is 0. The van der Waals surface area contributed by atoms with E-state index in [4.69, 9.17) is 5.11 Å². The maximum atomic E-state index is 11.7. The van der Waals surface area contributed by atoms with Gasteiger partial charge in [-0.25, -0.2) is 0 Å². The van der Waals surface area contributed by atoms with Crippen LogP contribution < -0.4 is 5.32 Å². The number of aliphatic hydroxyl groups is 1. The predicted molar refractivity (Wildman–Crippen MR) is 55.5 cm³/mol. The molecule has 4 heteroatoms. The molecule has 1 heterocycles. The summed E-state index contributed by atoms with van der Waals surface area (Å²) < 4.78 is 0. The largest absolute Gasteiger partial charge is 0.394 e. The maximum Gasteiger partial charge on any atom is 0.253 e. The molecule has 0 radical (unpaired) electrons. The highest BCUT2D eigenvalue weighted by Gasteiger charge is 2.43. The van der Waals surface area contributed by atoms with Crippen LogP contribution in [0.4, 0.5) is 0 Å². The van der Waals surface area contributed by atoms with Crippen LogP contribution >= 0.6 is 0 Å². The van der Waals surface area contributed by atoms with Gasteiger partial charge in [-0.15, -0.1) is 0 Å². The van der Waals surface area contributed by atoms with Crippen molar-refractivity contribution in [1.29, 1.82) is 0 Å². The van der Waals surface area contributed by atoms with E-state index in [-0.39, 0.29) is 18.1 Å². The zero-order valence-electron chi connectivity index (χ0n) is 8.66. The van der Waals surface area contributed by atoms with Gasteiger partial charge in [0.05, 0.1) is 17.7 Å². The first kappa shape index (κ1) is 10.1. The first-order chi connectivity index (χ1) is 7.15. The van der Waals surface area contributed by atoms with Crippen molar-refractivity contribution in [3.05, 3.63) is 29.6 Å². The van der Waals surface area contributed by atoms with Gasteiger partial charge in [0.25, 0.3) is 5.91 Å². The summed E-state index contributed by atoms with van der Waals surface area (Å²) in [5.74, 6) is -0.158. The van der Waals surface area contributed by atoms with Crippen LogP contribution in [0.3, 0.4) is 0 Å². The van der Waals surface area contributed by atoms with Gasteiger partial charge in [-0.1, -0.05) is 0 Å². The Bertz CT molecular complexity index is 369. The maximum absolute atomic E-state index is 11.7. The van der Waals surface area contributed by atoms with Crippen molar-refractivity contribution in [2.45, 2.75) is 25.3 Å². The average molecular weight is 206 g/mol. The van der Waals surface area contributed by atoms with E-state index in [2.05, 4.69) is 10.3 Å². The normalized spacial score (nSPS) is 17.2. The molecule has 2 N–H and O–H groups in total. The second-order valence-electron chi connectivity index (χ2n) is 4.08. The van der Waals surface area contributed by atoms with Crippen LogP contribution in [0, 0.1) is 6.92 Å².